The van der Waals surface area contributed by atoms with Crippen molar-refractivity contribution in [3.05, 3.63) is 45.5 Å². The van der Waals surface area contributed by atoms with Crippen molar-refractivity contribution in [3.8, 4) is 12.3 Å². The third kappa shape index (κ3) is 3.71. The van der Waals surface area contributed by atoms with Crippen molar-refractivity contribution in [3.63, 3.8) is 0 Å². The monoisotopic (exact) mass is 295 g/mol. The first-order valence-electron chi connectivity index (χ1n) is 5.59. The van der Waals surface area contributed by atoms with Crippen molar-refractivity contribution in [1.82, 2.24) is 15.5 Å². The summed E-state index contributed by atoms with van der Waals surface area (Å²) in [5, 5.41) is 8.02. The van der Waals surface area contributed by atoms with E-state index >= 15 is 0 Å². The molecular weight excluding hydrogens is 285 g/mol. The van der Waals surface area contributed by atoms with Crippen LogP contribution in [0.1, 0.15) is 17.3 Å². The molecule has 0 unspecified atom stereocenters. The molecule has 1 N–H and O–H groups in total. The molecule has 1 aromatic heterocycles. The summed E-state index contributed by atoms with van der Waals surface area (Å²) in [4.78, 5) is 4.23. The minimum atomic E-state index is 0.428. The van der Waals surface area contributed by atoms with Crippen LogP contribution in [0.25, 0.3) is 0 Å². The molecule has 2 rings (SSSR count). The maximum absolute atomic E-state index is 6.08. The molecule has 6 heteroatoms. The Morgan fingerprint density at radius 3 is 2.74 bits per heavy atom. The van der Waals surface area contributed by atoms with Crippen molar-refractivity contribution >= 4 is 23.2 Å². The summed E-state index contributed by atoms with van der Waals surface area (Å²) < 4.78 is 5.08. The van der Waals surface area contributed by atoms with E-state index in [0.717, 1.165) is 5.56 Å². The van der Waals surface area contributed by atoms with Gasteiger partial charge in [0, 0.05) is 16.5 Å². The SMILES string of the molecule is C#CCNCc1nc(Cc2c(Cl)cccc2Cl)no1. The second kappa shape index (κ2) is 6.58. The van der Waals surface area contributed by atoms with Gasteiger partial charge in [-0.1, -0.05) is 40.3 Å². The Morgan fingerprint density at radius 1 is 1.32 bits per heavy atom. The van der Waals surface area contributed by atoms with E-state index < -0.39 is 0 Å². The van der Waals surface area contributed by atoms with Crippen LogP contribution in [0.2, 0.25) is 10.0 Å². The highest BCUT2D eigenvalue weighted by molar-refractivity contribution is 6.36. The number of hydrogen-bond acceptors (Lipinski definition) is 4. The van der Waals surface area contributed by atoms with E-state index in [2.05, 4.69) is 21.4 Å². The number of nitrogens with zero attached hydrogens (tertiary/aromatic N) is 2. The fourth-order valence-corrected chi connectivity index (χ4v) is 2.07. The van der Waals surface area contributed by atoms with E-state index in [1.54, 1.807) is 18.2 Å². The average molecular weight is 296 g/mol. The summed E-state index contributed by atoms with van der Waals surface area (Å²) >= 11 is 12.2. The minimum Gasteiger partial charge on any atom is -0.338 e. The zero-order valence-electron chi connectivity index (χ0n) is 9.99. The summed E-state index contributed by atoms with van der Waals surface area (Å²) in [6.07, 6.45) is 5.55. The number of rotatable bonds is 5. The molecule has 4 nitrogen and oxygen atoms in total. The molecule has 19 heavy (non-hydrogen) atoms. The standard InChI is InChI=1S/C13H11Cl2N3O/c1-2-6-16-8-13-17-12(18-19-13)7-9-10(14)4-3-5-11(9)15/h1,3-5,16H,6-8H2. The number of hydrogen-bond donors (Lipinski definition) is 1. The maximum Gasteiger partial charge on any atom is 0.240 e. The lowest BCUT2D eigenvalue weighted by atomic mass is 10.1. The van der Waals surface area contributed by atoms with Gasteiger partial charge >= 0.3 is 0 Å². The Morgan fingerprint density at radius 2 is 2.05 bits per heavy atom. The predicted octanol–water partition coefficient (Wildman–Crippen LogP) is 2.69. The summed E-state index contributed by atoms with van der Waals surface area (Å²) in [5.41, 5.74) is 0.787. The van der Waals surface area contributed by atoms with E-state index in [-0.39, 0.29) is 0 Å². The molecule has 98 valence electrons. The van der Waals surface area contributed by atoms with Gasteiger partial charge in [-0.3, -0.25) is 5.32 Å². The van der Waals surface area contributed by atoms with Gasteiger partial charge in [0.15, 0.2) is 5.82 Å². The molecule has 0 bridgehead atoms. The Kier molecular flexibility index (Phi) is 4.80. The summed E-state index contributed by atoms with van der Waals surface area (Å²) in [6.45, 7) is 0.890. The van der Waals surface area contributed by atoms with Gasteiger partial charge in [0.1, 0.15) is 0 Å². The molecule has 0 saturated heterocycles. The number of halogens is 2. The summed E-state index contributed by atoms with van der Waals surface area (Å²) in [7, 11) is 0. The molecule has 0 aliphatic heterocycles. The van der Waals surface area contributed by atoms with Gasteiger partial charge < -0.3 is 4.52 Å². The predicted molar refractivity (Wildman–Crippen MR) is 74.1 cm³/mol. The van der Waals surface area contributed by atoms with Gasteiger partial charge in [0.2, 0.25) is 5.89 Å². The zero-order chi connectivity index (χ0) is 13.7. The van der Waals surface area contributed by atoms with Crippen molar-refractivity contribution in [2.75, 3.05) is 6.54 Å². The molecule has 0 aliphatic rings. The number of nitrogens with one attached hydrogen (secondary N) is 1. The van der Waals surface area contributed by atoms with Crippen LogP contribution in [-0.2, 0) is 13.0 Å². The molecule has 0 radical (unpaired) electrons. The fourth-order valence-electron chi connectivity index (χ4n) is 1.53. The lowest BCUT2D eigenvalue weighted by molar-refractivity contribution is 0.366. The van der Waals surface area contributed by atoms with Crippen LogP contribution >= 0.6 is 23.2 Å². The minimum absolute atomic E-state index is 0.428. The lowest BCUT2D eigenvalue weighted by Gasteiger charge is -2.03. The quantitative estimate of drug-likeness (QED) is 0.681. The highest BCUT2D eigenvalue weighted by atomic mass is 35.5. The van der Waals surface area contributed by atoms with Crippen LogP contribution in [-0.4, -0.2) is 16.7 Å². The van der Waals surface area contributed by atoms with Crippen LogP contribution in [0.4, 0.5) is 0 Å². The normalized spacial score (nSPS) is 10.4. The molecule has 0 spiro atoms. The van der Waals surface area contributed by atoms with Gasteiger partial charge in [-0.25, -0.2) is 0 Å². The molecule has 1 heterocycles. The van der Waals surface area contributed by atoms with Gasteiger partial charge in [0.05, 0.1) is 13.1 Å². The first-order valence-corrected chi connectivity index (χ1v) is 6.35. The maximum atomic E-state index is 6.08. The second-order valence-corrected chi connectivity index (χ2v) is 4.60. The molecular formula is C13H11Cl2N3O. The first-order chi connectivity index (χ1) is 9.20. The highest BCUT2D eigenvalue weighted by Gasteiger charge is 2.11. The van der Waals surface area contributed by atoms with E-state index in [1.807, 2.05) is 0 Å². The Balaban J connectivity index is 2.06. The molecule has 0 saturated carbocycles. The second-order valence-electron chi connectivity index (χ2n) is 3.79. The molecule has 0 fully saturated rings. The average Bonchev–Trinajstić information content (AvgIpc) is 2.82. The van der Waals surface area contributed by atoms with Crippen molar-refractivity contribution in [1.29, 1.82) is 0 Å². The van der Waals surface area contributed by atoms with Crippen LogP contribution < -0.4 is 5.32 Å². The van der Waals surface area contributed by atoms with Crippen LogP contribution in [0.5, 0.6) is 0 Å². The lowest BCUT2D eigenvalue weighted by Crippen LogP contribution is -2.13. The number of aromatic nitrogens is 2. The van der Waals surface area contributed by atoms with Crippen molar-refractivity contribution in [2.24, 2.45) is 0 Å². The van der Waals surface area contributed by atoms with Gasteiger partial charge in [-0.15, -0.1) is 6.42 Å². The molecule has 0 aliphatic carbocycles. The number of terminal acetylenes is 1. The Bertz CT molecular complexity index is 584. The molecule has 0 amide bonds. The summed E-state index contributed by atoms with van der Waals surface area (Å²) in [6, 6.07) is 5.34. The van der Waals surface area contributed by atoms with E-state index in [9.17, 15) is 0 Å². The largest absolute Gasteiger partial charge is 0.338 e. The van der Waals surface area contributed by atoms with Crippen LogP contribution in [0, 0.1) is 12.3 Å². The topological polar surface area (TPSA) is 51.0 Å². The molecule has 2 aromatic rings. The Hall–Kier alpha value is -1.54. The highest BCUT2D eigenvalue weighted by Crippen LogP contribution is 2.26. The molecule has 0 atom stereocenters. The van der Waals surface area contributed by atoms with Gasteiger partial charge in [-0.2, -0.15) is 4.98 Å². The fraction of sp³-hybridized carbons (Fsp3) is 0.231. The third-order valence-electron chi connectivity index (χ3n) is 2.41. The molecule has 1 aromatic carbocycles. The van der Waals surface area contributed by atoms with Crippen LogP contribution in [0.15, 0.2) is 22.7 Å². The summed E-state index contributed by atoms with van der Waals surface area (Å²) in [5.74, 6) is 3.48. The van der Waals surface area contributed by atoms with Crippen molar-refractivity contribution in [2.45, 2.75) is 13.0 Å². The van der Waals surface area contributed by atoms with E-state index in [0.29, 0.717) is 41.3 Å². The Labute approximate surface area is 121 Å². The smallest absolute Gasteiger partial charge is 0.240 e. The van der Waals surface area contributed by atoms with E-state index in [1.165, 1.54) is 0 Å². The first kappa shape index (κ1) is 13.9. The number of benzene rings is 1. The van der Waals surface area contributed by atoms with Gasteiger partial charge in [0.25, 0.3) is 0 Å². The van der Waals surface area contributed by atoms with E-state index in [4.69, 9.17) is 34.1 Å². The van der Waals surface area contributed by atoms with Crippen LogP contribution in [0.3, 0.4) is 0 Å². The zero-order valence-corrected chi connectivity index (χ0v) is 11.5. The van der Waals surface area contributed by atoms with Gasteiger partial charge in [-0.05, 0) is 17.7 Å². The van der Waals surface area contributed by atoms with Crippen molar-refractivity contribution < 1.29 is 4.52 Å². The third-order valence-corrected chi connectivity index (χ3v) is 3.12.